The number of amides is 1. The topological polar surface area (TPSA) is 55.1 Å². The van der Waals surface area contributed by atoms with Gasteiger partial charge in [0.05, 0.1) is 6.04 Å². The van der Waals surface area contributed by atoms with Crippen LogP contribution in [0.5, 0.6) is 0 Å². The van der Waals surface area contributed by atoms with E-state index >= 15 is 0 Å². The minimum Gasteiger partial charge on any atom is -0.350 e. The molecule has 0 aliphatic rings. The van der Waals surface area contributed by atoms with Crippen molar-refractivity contribution < 1.29 is 4.79 Å². The Balaban J connectivity index is 2.43. The fourth-order valence-corrected chi connectivity index (χ4v) is 2.02. The highest BCUT2D eigenvalue weighted by molar-refractivity contribution is 9.10. The Morgan fingerprint density at radius 1 is 1.47 bits per heavy atom. The van der Waals surface area contributed by atoms with Crippen molar-refractivity contribution >= 4 is 21.8 Å². The molecule has 0 aliphatic carbocycles. The highest BCUT2D eigenvalue weighted by atomic mass is 79.9. The molecule has 3 nitrogen and oxygen atoms in total. The van der Waals surface area contributed by atoms with Gasteiger partial charge in [-0.15, -0.1) is 0 Å². The number of hydrogen-bond donors (Lipinski definition) is 2. The number of benzene rings is 1. The first kappa shape index (κ1) is 14.2. The summed E-state index contributed by atoms with van der Waals surface area (Å²) in [5, 5.41) is 2.98. The van der Waals surface area contributed by atoms with Gasteiger partial charge < -0.3 is 11.1 Å². The molecule has 0 aliphatic heterocycles. The minimum absolute atomic E-state index is 0.0397. The van der Waals surface area contributed by atoms with Crippen molar-refractivity contribution in [1.29, 1.82) is 0 Å². The molecule has 94 valence electrons. The van der Waals surface area contributed by atoms with E-state index in [9.17, 15) is 4.79 Å². The Morgan fingerprint density at radius 2 is 2.24 bits per heavy atom. The predicted octanol–water partition coefficient (Wildman–Crippen LogP) is 2.76. The zero-order valence-electron chi connectivity index (χ0n) is 10.1. The highest BCUT2D eigenvalue weighted by Gasteiger charge is 2.09. The van der Waals surface area contributed by atoms with Crippen LogP contribution in [0, 0.1) is 0 Å². The van der Waals surface area contributed by atoms with Gasteiger partial charge in [0.15, 0.2) is 0 Å². The van der Waals surface area contributed by atoms with Crippen molar-refractivity contribution in [2.24, 2.45) is 5.73 Å². The van der Waals surface area contributed by atoms with Crippen LogP contribution in [-0.2, 0) is 4.79 Å². The summed E-state index contributed by atoms with van der Waals surface area (Å²) in [6.07, 6.45) is 2.31. The van der Waals surface area contributed by atoms with E-state index < -0.39 is 0 Å². The lowest BCUT2D eigenvalue weighted by atomic mass is 10.1. The van der Waals surface area contributed by atoms with Crippen LogP contribution in [0.15, 0.2) is 28.7 Å². The van der Waals surface area contributed by atoms with Crippen LogP contribution in [0.1, 0.15) is 37.8 Å². The van der Waals surface area contributed by atoms with Crippen LogP contribution >= 0.6 is 15.9 Å². The molecule has 0 bridgehead atoms. The van der Waals surface area contributed by atoms with E-state index in [4.69, 9.17) is 5.73 Å². The Labute approximate surface area is 111 Å². The number of carbonyl (C=O) groups excluding carboxylic acids is 1. The molecule has 17 heavy (non-hydrogen) atoms. The summed E-state index contributed by atoms with van der Waals surface area (Å²) < 4.78 is 1.03. The van der Waals surface area contributed by atoms with Crippen molar-refractivity contribution in [3.05, 3.63) is 34.3 Å². The number of halogens is 1. The van der Waals surface area contributed by atoms with Gasteiger partial charge in [0.2, 0.25) is 5.91 Å². The lowest BCUT2D eigenvalue weighted by Crippen LogP contribution is -2.26. The van der Waals surface area contributed by atoms with Gasteiger partial charge in [-0.1, -0.05) is 28.1 Å². The fraction of sp³-hybridized carbons (Fsp3) is 0.462. The number of unbranched alkanes of at least 4 members (excludes halogenated alkanes) is 1. The van der Waals surface area contributed by atoms with E-state index in [-0.39, 0.29) is 11.9 Å². The normalized spacial score (nSPS) is 12.2. The quantitative estimate of drug-likeness (QED) is 0.794. The largest absolute Gasteiger partial charge is 0.350 e. The van der Waals surface area contributed by atoms with E-state index in [0.717, 1.165) is 22.9 Å². The number of nitrogens with two attached hydrogens (primary N) is 1. The third kappa shape index (κ3) is 5.33. The molecule has 0 aromatic heterocycles. The van der Waals surface area contributed by atoms with Crippen LogP contribution in [0.3, 0.4) is 0 Å². The van der Waals surface area contributed by atoms with E-state index in [2.05, 4.69) is 21.2 Å². The minimum atomic E-state index is 0.0397. The van der Waals surface area contributed by atoms with Crippen LogP contribution < -0.4 is 11.1 Å². The lowest BCUT2D eigenvalue weighted by molar-refractivity contribution is -0.121. The second-order valence-corrected chi connectivity index (χ2v) is 5.01. The maximum absolute atomic E-state index is 11.6. The van der Waals surface area contributed by atoms with Gasteiger partial charge in [-0.3, -0.25) is 4.79 Å². The van der Waals surface area contributed by atoms with Gasteiger partial charge in [-0.05, 0) is 44.0 Å². The first-order valence-electron chi connectivity index (χ1n) is 5.88. The molecule has 0 heterocycles. The van der Waals surface area contributed by atoms with E-state index in [1.165, 1.54) is 0 Å². The van der Waals surface area contributed by atoms with Crippen LogP contribution in [-0.4, -0.2) is 12.5 Å². The number of rotatable bonds is 6. The van der Waals surface area contributed by atoms with Gasteiger partial charge in [0.1, 0.15) is 0 Å². The maximum atomic E-state index is 11.6. The lowest BCUT2D eigenvalue weighted by Gasteiger charge is -2.14. The third-order valence-corrected chi connectivity index (χ3v) is 3.08. The Bertz CT molecular complexity index is 368. The zero-order valence-corrected chi connectivity index (χ0v) is 11.7. The summed E-state index contributed by atoms with van der Waals surface area (Å²) in [6.45, 7) is 2.64. The highest BCUT2D eigenvalue weighted by Crippen LogP contribution is 2.17. The second-order valence-electron chi connectivity index (χ2n) is 4.09. The molecule has 0 radical (unpaired) electrons. The van der Waals surface area contributed by atoms with Gasteiger partial charge in [-0.25, -0.2) is 0 Å². The molecule has 3 N–H and O–H groups in total. The summed E-state index contributed by atoms with van der Waals surface area (Å²) in [7, 11) is 0. The third-order valence-electron chi connectivity index (χ3n) is 2.58. The van der Waals surface area contributed by atoms with E-state index in [1.807, 2.05) is 31.2 Å². The van der Waals surface area contributed by atoms with Crippen molar-refractivity contribution in [2.45, 2.75) is 32.2 Å². The van der Waals surface area contributed by atoms with E-state index in [1.54, 1.807) is 0 Å². The summed E-state index contributed by atoms with van der Waals surface area (Å²) in [6, 6.07) is 8.01. The second kappa shape index (κ2) is 7.45. The molecule has 4 heteroatoms. The molecule has 0 fully saturated rings. The number of carbonyl (C=O) groups is 1. The fourth-order valence-electron chi connectivity index (χ4n) is 1.60. The molecule has 1 unspecified atom stereocenters. The summed E-state index contributed by atoms with van der Waals surface area (Å²) in [5.74, 6) is 0.0888. The van der Waals surface area contributed by atoms with Crippen LogP contribution in [0.25, 0.3) is 0 Å². The summed E-state index contributed by atoms with van der Waals surface area (Å²) >= 11 is 3.42. The molecular formula is C13H19BrN2O. The number of nitrogens with one attached hydrogen (secondary N) is 1. The van der Waals surface area contributed by atoms with Crippen LogP contribution in [0.2, 0.25) is 0 Å². The average Bonchev–Trinajstić information content (AvgIpc) is 2.29. The Kier molecular flexibility index (Phi) is 6.22. The molecule has 1 atom stereocenters. The molecule has 0 saturated carbocycles. The van der Waals surface area contributed by atoms with Crippen LogP contribution in [0.4, 0.5) is 0 Å². The SMILES string of the molecule is CC(NC(=O)CCCCN)c1cccc(Br)c1. The zero-order chi connectivity index (χ0) is 12.7. The van der Waals surface area contributed by atoms with Gasteiger partial charge in [-0.2, -0.15) is 0 Å². The molecule has 1 rings (SSSR count). The monoisotopic (exact) mass is 298 g/mol. The first-order chi connectivity index (χ1) is 8.13. The Morgan fingerprint density at radius 3 is 2.88 bits per heavy atom. The molecule has 0 spiro atoms. The summed E-state index contributed by atoms with van der Waals surface area (Å²) in [5.41, 5.74) is 6.49. The molecule has 1 aromatic rings. The average molecular weight is 299 g/mol. The van der Waals surface area contributed by atoms with Gasteiger partial charge >= 0.3 is 0 Å². The van der Waals surface area contributed by atoms with Gasteiger partial charge in [0, 0.05) is 10.9 Å². The van der Waals surface area contributed by atoms with Crippen molar-refractivity contribution in [1.82, 2.24) is 5.32 Å². The number of hydrogen-bond acceptors (Lipinski definition) is 2. The molecule has 1 amide bonds. The standard InChI is InChI=1S/C13H19BrN2O/c1-10(11-5-4-6-12(14)9-11)16-13(17)7-2-3-8-15/h4-6,9-10H,2-3,7-8,15H2,1H3,(H,16,17). The van der Waals surface area contributed by atoms with Crippen molar-refractivity contribution in [3.8, 4) is 0 Å². The van der Waals surface area contributed by atoms with Crippen molar-refractivity contribution in [3.63, 3.8) is 0 Å². The predicted molar refractivity (Wildman–Crippen MR) is 73.6 cm³/mol. The molecular weight excluding hydrogens is 280 g/mol. The Hall–Kier alpha value is -0.870. The first-order valence-corrected chi connectivity index (χ1v) is 6.67. The van der Waals surface area contributed by atoms with E-state index in [0.29, 0.717) is 13.0 Å². The van der Waals surface area contributed by atoms with Gasteiger partial charge in [0.25, 0.3) is 0 Å². The molecule has 0 saturated heterocycles. The molecule has 1 aromatic carbocycles. The smallest absolute Gasteiger partial charge is 0.220 e. The maximum Gasteiger partial charge on any atom is 0.220 e. The van der Waals surface area contributed by atoms with Crippen molar-refractivity contribution in [2.75, 3.05) is 6.54 Å². The summed E-state index contributed by atoms with van der Waals surface area (Å²) in [4.78, 5) is 11.6.